The second kappa shape index (κ2) is 2.48. The third-order valence-electron chi connectivity index (χ3n) is 1.38. The summed E-state index contributed by atoms with van der Waals surface area (Å²) in [6, 6.07) is 0. The maximum atomic E-state index is 10.9. The molecule has 0 fully saturated rings. The second-order valence-corrected chi connectivity index (χ2v) is 4.59. The van der Waals surface area contributed by atoms with Gasteiger partial charge in [0.25, 0.3) is 0 Å². The molecule has 5 heteroatoms. The molecule has 1 heterocycles. The van der Waals surface area contributed by atoms with Crippen molar-refractivity contribution in [1.82, 2.24) is 4.31 Å². The number of nitrogens with zero attached hydrogens (tertiary/aromatic N) is 2. The summed E-state index contributed by atoms with van der Waals surface area (Å²) in [5.41, 5.74) is -0.110. The van der Waals surface area contributed by atoms with Crippen LogP contribution in [0.2, 0.25) is 0 Å². The molecule has 4 nitrogen and oxygen atoms in total. The lowest BCUT2D eigenvalue weighted by Gasteiger charge is -2.20. The predicted octanol–water partition coefficient (Wildman–Crippen LogP) is 0.887. The van der Waals surface area contributed by atoms with Crippen LogP contribution in [-0.2, 0) is 15.6 Å². The molecule has 0 aromatic heterocycles. The van der Waals surface area contributed by atoms with Crippen LogP contribution < -0.4 is 0 Å². The van der Waals surface area contributed by atoms with E-state index in [1.807, 2.05) is 20.8 Å². The highest BCUT2D eigenvalue weighted by molar-refractivity contribution is 7.78. The van der Waals surface area contributed by atoms with Gasteiger partial charge >= 0.3 is 11.3 Å². The Bertz CT molecular complexity index is 219. The molecule has 1 aliphatic rings. The molecule has 0 saturated carbocycles. The molecule has 0 spiro atoms. The highest BCUT2D eigenvalue weighted by Crippen LogP contribution is 2.23. The van der Waals surface area contributed by atoms with Gasteiger partial charge in [0, 0.05) is 12.5 Å². The van der Waals surface area contributed by atoms with Crippen LogP contribution in [0.4, 0.5) is 0 Å². The Kier molecular flexibility index (Phi) is 1.92. The molecule has 1 rings (SSSR count). The van der Waals surface area contributed by atoms with Gasteiger partial charge in [0.05, 0.1) is 0 Å². The van der Waals surface area contributed by atoms with Crippen molar-refractivity contribution in [3.63, 3.8) is 0 Å². The van der Waals surface area contributed by atoms with E-state index in [9.17, 15) is 4.21 Å². The van der Waals surface area contributed by atoms with Gasteiger partial charge in [-0.1, -0.05) is 25.9 Å². The third kappa shape index (κ3) is 1.53. The number of rotatable bonds is 0. The van der Waals surface area contributed by atoms with Crippen molar-refractivity contribution >= 4 is 17.1 Å². The molecule has 64 valence electrons. The van der Waals surface area contributed by atoms with E-state index in [-0.39, 0.29) is 5.41 Å². The van der Waals surface area contributed by atoms with Gasteiger partial charge in [0.1, 0.15) is 0 Å². The van der Waals surface area contributed by atoms with E-state index in [1.54, 1.807) is 7.05 Å². The van der Waals surface area contributed by atoms with E-state index >= 15 is 0 Å². The Labute approximate surface area is 69.0 Å². The van der Waals surface area contributed by atoms with Crippen molar-refractivity contribution in [2.45, 2.75) is 20.8 Å². The molecule has 11 heavy (non-hydrogen) atoms. The molecule has 0 N–H and O–H groups in total. The van der Waals surface area contributed by atoms with Gasteiger partial charge in [-0.3, -0.25) is 4.28 Å². The van der Waals surface area contributed by atoms with E-state index in [0.717, 1.165) is 5.84 Å². The lowest BCUT2D eigenvalue weighted by molar-refractivity contribution is 0.377. The van der Waals surface area contributed by atoms with E-state index in [0.29, 0.717) is 0 Å². The van der Waals surface area contributed by atoms with E-state index < -0.39 is 11.3 Å². The van der Waals surface area contributed by atoms with Gasteiger partial charge in [-0.25, -0.2) is 4.31 Å². The molecule has 1 unspecified atom stereocenters. The van der Waals surface area contributed by atoms with Crippen molar-refractivity contribution in [2.24, 2.45) is 10.6 Å². The summed E-state index contributed by atoms with van der Waals surface area (Å²) in [5, 5.41) is 3.71. The SMILES string of the molecule is CN1C(C(C)(C)C)=NOS1=O. The zero-order valence-electron chi connectivity index (χ0n) is 7.12. The van der Waals surface area contributed by atoms with Crippen LogP contribution in [0.1, 0.15) is 20.8 Å². The van der Waals surface area contributed by atoms with Crippen LogP contribution in [0.25, 0.3) is 0 Å². The van der Waals surface area contributed by atoms with Crippen LogP contribution in [0.5, 0.6) is 0 Å². The van der Waals surface area contributed by atoms with Gasteiger partial charge < -0.3 is 0 Å². The van der Waals surface area contributed by atoms with E-state index in [2.05, 4.69) is 9.44 Å². The molecule has 1 aliphatic heterocycles. The normalized spacial score (nSPS) is 24.9. The minimum Gasteiger partial charge on any atom is -0.269 e. The Balaban J connectivity index is 2.84. The zero-order chi connectivity index (χ0) is 8.65. The quantitative estimate of drug-likeness (QED) is 0.550. The average Bonchev–Trinajstić information content (AvgIpc) is 2.11. The third-order valence-corrected chi connectivity index (χ3v) is 2.20. The van der Waals surface area contributed by atoms with Crippen molar-refractivity contribution in [2.75, 3.05) is 7.05 Å². The van der Waals surface area contributed by atoms with Gasteiger partial charge in [-0.2, -0.15) is 4.21 Å². The van der Waals surface area contributed by atoms with Gasteiger partial charge in [0.2, 0.25) is 0 Å². The average molecular weight is 176 g/mol. The number of hydrogen-bond acceptors (Lipinski definition) is 3. The molecule has 1 atom stereocenters. The minimum atomic E-state index is -1.41. The number of hydrogen-bond donors (Lipinski definition) is 0. The fourth-order valence-electron chi connectivity index (χ4n) is 0.855. The minimum absolute atomic E-state index is 0.110. The standard InChI is InChI=1S/C6H12N2O2S/c1-6(2,3)5-7-10-11(9)8(5)4/h1-4H3. The van der Waals surface area contributed by atoms with Crippen molar-refractivity contribution in [1.29, 1.82) is 0 Å². The maximum Gasteiger partial charge on any atom is 0.340 e. The summed E-state index contributed by atoms with van der Waals surface area (Å²) in [6.45, 7) is 5.98. The van der Waals surface area contributed by atoms with E-state index in [1.165, 1.54) is 4.31 Å². The first-order valence-electron chi connectivity index (χ1n) is 3.34. The van der Waals surface area contributed by atoms with Gasteiger partial charge in [0.15, 0.2) is 5.84 Å². The van der Waals surface area contributed by atoms with Gasteiger partial charge in [-0.15, -0.1) is 0 Å². The molecular weight excluding hydrogens is 164 g/mol. The van der Waals surface area contributed by atoms with Crippen LogP contribution in [0.15, 0.2) is 5.16 Å². The van der Waals surface area contributed by atoms with Crippen LogP contribution in [0, 0.1) is 5.41 Å². The summed E-state index contributed by atoms with van der Waals surface area (Å²) in [7, 11) is 1.70. The summed E-state index contributed by atoms with van der Waals surface area (Å²) < 4.78 is 17.0. The summed E-state index contributed by atoms with van der Waals surface area (Å²) in [5.74, 6) is 0.718. The molecule has 0 aromatic carbocycles. The fraction of sp³-hybridized carbons (Fsp3) is 0.833. The molecule has 0 aliphatic carbocycles. The fourth-order valence-corrected chi connectivity index (χ4v) is 1.54. The molecule has 0 bridgehead atoms. The lowest BCUT2D eigenvalue weighted by atomic mass is 9.95. The van der Waals surface area contributed by atoms with Crippen molar-refractivity contribution in [3.8, 4) is 0 Å². The first-order chi connectivity index (χ1) is 4.93. The molecule has 0 radical (unpaired) electrons. The lowest BCUT2D eigenvalue weighted by Crippen LogP contribution is -2.33. The first kappa shape index (κ1) is 8.52. The van der Waals surface area contributed by atoms with Crippen LogP contribution in [-0.4, -0.2) is 21.4 Å². The maximum absolute atomic E-state index is 10.9. The highest BCUT2D eigenvalue weighted by atomic mass is 32.2. The first-order valence-corrected chi connectivity index (χ1v) is 4.37. The zero-order valence-corrected chi connectivity index (χ0v) is 7.94. The molecule has 0 aromatic rings. The molecule has 0 amide bonds. The Morgan fingerprint density at radius 1 is 1.55 bits per heavy atom. The van der Waals surface area contributed by atoms with Crippen LogP contribution in [0.3, 0.4) is 0 Å². The molecular formula is C6H12N2O2S. The molecule has 0 saturated heterocycles. The highest BCUT2D eigenvalue weighted by Gasteiger charge is 2.32. The van der Waals surface area contributed by atoms with Crippen molar-refractivity contribution < 1.29 is 8.49 Å². The summed E-state index contributed by atoms with van der Waals surface area (Å²) in [6.07, 6.45) is 0. The Hall–Kier alpha value is -0.580. The smallest absolute Gasteiger partial charge is 0.269 e. The predicted molar refractivity (Wildman–Crippen MR) is 43.9 cm³/mol. The van der Waals surface area contributed by atoms with Crippen molar-refractivity contribution in [3.05, 3.63) is 0 Å². The van der Waals surface area contributed by atoms with E-state index in [4.69, 9.17) is 0 Å². The topological polar surface area (TPSA) is 41.9 Å². The second-order valence-electron chi connectivity index (χ2n) is 3.45. The summed E-state index contributed by atoms with van der Waals surface area (Å²) >= 11 is -1.41. The monoisotopic (exact) mass is 176 g/mol. The number of oxime groups is 1. The van der Waals surface area contributed by atoms with Gasteiger partial charge in [-0.05, 0) is 0 Å². The number of amidine groups is 1. The Morgan fingerprint density at radius 2 is 2.09 bits per heavy atom. The summed E-state index contributed by atoms with van der Waals surface area (Å²) in [4.78, 5) is 0. The largest absolute Gasteiger partial charge is 0.340 e. The van der Waals surface area contributed by atoms with Crippen LogP contribution >= 0.6 is 0 Å². The Morgan fingerprint density at radius 3 is 2.27 bits per heavy atom.